The summed E-state index contributed by atoms with van der Waals surface area (Å²) >= 11 is 0. The average Bonchev–Trinajstić information content (AvgIpc) is 2.34. The third kappa shape index (κ3) is 1.49. The Morgan fingerprint density at radius 1 is 1.58 bits per heavy atom. The maximum absolute atomic E-state index is 11.5. The molecule has 3 heteroatoms. The highest BCUT2D eigenvalue weighted by atomic mass is 16.1. The summed E-state index contributed by atoms with van der Waals surface area (Å²) in [6, 6.07) is 0.226. The van der Waals surface area contributed by atoms with Gasteiger partial charge in [0.2, 0.25) is 0 Å². The molecule has 0 bridgehead atoms. The Balaban J connectivity index is 3.04. The van der Waals surface area contributed by atoms with Gasteiger partial charge in [-0.2, -0.15) is 0 Å². The maximum Gasteiger partial charge on any atom is 0.328 e. The van der Waals surface area contributed by atoms with Crippen molar-refractivity contribution in [1.82, 2.24) is 9.13 Å². The van der Waals surface area contributed by atoms with Crippen molar-refractivity contribution in [3.05, 3.63) is 35.5 Å². The summed E-state index contributed by atoms with van der Waals surface area (Å²) in [6.45, 7) is 8.14. The highest BCUT2D eigenvalue weighted by molar-refractivity contribution is 4.86. The number of imidazole rings is 1. The van der Waals surface area contributed by atoms with E-state index in [1.54, 1.807) is 27.6 Å². The molecule has 1 aromatic rings. The smallest absolute Gasteiger partial charge is 0.297 e. The number of rotatable bonds is 3. The lowest BCUT2D eigenvalue weighted by atomic mass is 10.4. The maximum atomic E-state index is 11.5. The Bertz CT molecular complexity index is 320. The first-order valence-corrected chi connectivity index (χ1v) is 4.05. The molecule has 66 valence electrons. The van der Waals surface area contributed by atoms with Crippen molar-refractivity contribution in [3.63, 3.8) is 0 Å². The second kappa shape index (κ2) is 3.43. The fourth-order valence-electron chi connectivity index (χ4n) is 1.10. The average molecular weight is 166 g/mol. The van der Waals surface area contributed by atoms with Crippen LogP contribution in [0.5, 0.6) is 0 Å². The van der Waals surface area contributed by atoms with Crippen LogP contribution in [0.15, 0.2) is 29.8 Å². The first-order valence-electron chi connectivity index (χ1n) is 4.05. The summed E-state index contributed by atoms with van der Waals surface area (Å²) in [6.07, 6.45) is 5.30. The highest BCUT2D eigenvalue weighted by Gasteiger charge is 2.03. The summed E-state index contributed by atoms with van der Waals surface area (Å²) < 4.78 is 3.33. The van der Waals surface area contributed by atoms with Crippen LogP contribution in [0.4, 0.5) is 0 Å². The number of allylic oxidation sites excluding steroid dienone is 1. The molecular weight excluding hydrogens is 152 g/mol. The lowest BCUT2D eigenvalue weighted by Crippen LogP contribution is -2.24. The summed E-state index contributed by atoms with van der Waals surface area (Å²) in [4.78, 5) is 11.5. The predicted octanol–water partition coefficient (Wildman–Crippen LogP) is 1.42. The van der Waals surface area contributed by atoms with Crippen LogP contribution in [0, 0.1) is 0 Å². The van der Waals surface area contributed by atoms with E-state index in [1.807, 2.05) is 13.8 Å². The van der Waals surface area contributed by atoms with Crippen molar-refractivity contribution in [2.24, 2.45) is 0 Å². The fourth-order valence-corrected chi connectivity index (χ4v) is 1.10. The van der Waals surface area contributed by atoms with Gasteiger partial charge in [-0.3, -0.25) is 9.13 Å². The number of hydrogen-bond acceptors (Lipinski definition) is 1. The van der Waals surface area contributed by atoms with Crippen LogP contribution >= 0.6 is 0 Å². The van der Waals surface area contributed by atoms with Crippen LogP contribution in [-0.4, -0.2) is 9.13 Å². The molecule has 12 heavy (non-hydrogen) atoms. The van der Waals surface area contributed by atoms with Crippen LogP contribution in [0.3, 0.4) is 0 Å². The normalized spacial score (nSPS) is 10.6. The monoisotopic (exact) mass is 166 g/mol. The second-order valence-corrected chi connectivity index (χ2v) is 3.02. The van der Waals surface area contributed by atoms with Crippen LogP contribution in [-0.2, 0) is 6.54 Å². The lowest BCUT2D eigenvalue weighted by Gasteiger charge is -2.03. The molecule has 1 rings (SSSR count). The second-order valence-electron chi connectivity index (χ2n) is 3.02. The Kier molecular flexibility index (Phi) is 2.53. The van der Waals surface area contributed by atoms with Crippen molar-refractivity contribution >= 4 is 0 Å². The fraction of sp³-hybridized carbons (Fsp3) is 0.444. The minimum atomic E-state index is 0.0323. The lowest BCUT2D eigenvalue weighted by molar-refractivity contribution is 0.562. The first-order chi connectivity index (χ1) is 5.66. The van der Waals surface area contributed by atoms with E-state index >= 15 is 0 Å². The van der Waals surface area contributed by atoms with Crippen LogP contribution in [0.2, 0.25) is 0 Å². The molecule has 0 fully saturated rings. The van der Waals surface area contributed by atoms with E-state index in [0.29, 0.717) is 6.54 Å². The Morgan fingerprint density at radius 2 is 2.25 bits per heavy atom. The van der Waals surface area contributed by atoms with Crippen molar-refractivity contribution in [2.45, 2.75) is 26.4 Å². The minimum absolute atomic E-state index is 0.0323. The number of aromatic nitrogens is 2. The van der Waals surface area contributed by atoms with Gasteiger partial charge in [0, 0.05) is 25.0 Å². The van der Waals surface area contributed by atoms with Crippen LogP contribution in [0.25, 0.3) is 0 Å². The molecule has 0 aliphatic carbocycles. The third-order valence-electron chi connectivity index (χ3n) is 1.76. The van der Waals surface area contributed by atoms with Gasteiger partial charge in [0.15, 0.2) is 0 Å². The molecule has 1 heterocycles. The zero-order chi connectivity index (χ0) is 9.14. The van der Waals surface area contributed by atoms with Gasteiger partial charge in [0.05, 0.1) is 0 Å². The van der Waals surface area contributed by atoms with Crippen molar-refractivity contribution in [2.75, 3.05) is 0 Å². The molecule has 0 unspecified atom stereocenters. The molecule has 0 saturated carbocycles. The highest BCUT2D eigenvalue weighted by Crippen LogP contribution is 1.98. The summed E-state index contributed by atoms with van der Waals surface area (Å²) in [5.41, 5.74) is 0.0323. The largest absolute Gasteiger partial charge is 0.328 e. The molecule has 3 nitrogen and oxygen atoms in total. The van der Waals surface area contributed by atoms with Crippen LogP contribution < -0.4 is 5.69 Å². The van der Waals surface area contributed by atoms with Gasteiger partial charge >= 0.3 is 5.69 Å². The van der Waals surface area contributed by atoms with E-state index in [4.69, 9.17) is 0 Å². The molecular formula is C9H14N2O. The van der Waals surface area contributed by atoms with Gasteiger partial charge in [-0.15, -0.1) is 6.58 Å². The van der Waals surface area contributed by atoms with E-state index in [9.17, 15) is 4.79 Å². The Morgan fingerprint density at radius 3 is 2.67 bits per heavy atom. The minimum Gasteiger partial charge on any atom is -0.297 e. The first kappa shape index (κ1) is 8.84. The standard InChI is InChI=1S/C9H14N2O/c1-4-5-10-6-7-11(8(2)3)9(10)12/h4,6-8H,1,5H2,2-3H3. The third-order valence-corrected chi connectivity index (χ3v) is 1.76. The van der Waals surface area contributed by atoms with E-state index in [-0.39, 0.29) is 11.7 Å². The van der Waals surface area contributed by atoms with Gasteiger partial charge in [-0.05, 0) is 13.8 Å². The summed E-state index contributed by atoms with van der Waals surface area (Å²) in [7, 11) is 0. The molecule has 0 aliphatic rings. The molecule has 0 N–H and O–H groups in total. The quantitative estimate of drug-likeness (QED) is 0.624. The molecule has 0 atom stereocenters. The number of nitrogens with zero attached hydrogens (tertiary/aromatic N) is 2. The van der Waals surface area contributed by atoms with Gasteiger partial charge in [-0.1, -0.05) is 6.08 Å². The van der Waals surface area contributed by atoms with Crippen molar-refractivity contribution in [1.29, 1.82) is 0 Å². The number of hydrogen-bond donors (Lipinski definition) is 0. The topological polar surface area (TPSA) is 26.9 Å². The van der Waals surface area contributed by atoms with E-state index in [1.165, 1.54) is 0 Å². The van der Waals surface area contributed by atoms with E-state index in [2.05, 4.69) is 6.58 Å². The summed E-state index contributed by atoms with van der Waals surface area (Å²) in [5, 5.41) is 0. The Labute approximate surface area is 71.9 Å². The van der Waals surface area contributed by atoms with Gasteiger partial charge in [-0.25, -0.2) is 4.79 Å². The Hall–Kier alpha value is -1.25. The van der Waals surface area contributed by atoms with Gasteiger partial charge in [0.1, 0.15) is 0 Å². The predicted molar refractivity (Wildman–Crippen MR) is 49.3 cm³/mol. The van der Waals surface area contributed by atoms with Crippen molar-refractivity contribution in [3.8, 4) is 0 Å². The van der Waals surface area contributed by atoms with E-state index < -0.39 is 0 Å². The van der Waals surface area contributed by atoms with E-state index in [0.717, 1.165) is 0 Å². The molecule has 0 aromatic carbocycles. The molecule has 0 radical (unpaired) electrons. The SMILES string of the molecule is C=CCn1ccn(C(C)C)c1=O. The molecule has 0 amide bonds. The van der Waals surface area contributed by atoms with Gasteiger partial charge in [0.25, 0.3) is 0 Å². The molecule has 1 aromatic heterocycles. The van der Waals surface area contributed by atoms with Crippen molar-refractivity contribution < 1.29 is 0 Å². The zero-order valence-corrected chi connectivity index (χ0v) is 7.53. The summed E-state index contributed by atoms with van der Waals surface area (Å²) in [5.74, 6) is 0. The molecule has 0 spiro atoms. The zero-order valence-electron chi connectivity index (χ0n) is 7.53. The molecule has 0 saturated heterocycles. The van der Waals surface area contributed by atoms with Gasteiger partial charge < -0.3 is 0 Å². The molecule has 0 aliphatic heterocycles. The van der Waals surface area contributed by atoms with Crippen LogP contribution in [0.1, 0.15) is 19.9 Å².